The largest absolute Gasteiger partial charge is 0.497 e. The summed E-state index contributed by atoms with van der Waals surface area (Å²) in [4.78, 5) is 2.50. The van der Waals surface area contributed by atoms with Crippen molar-refractivity contribution in [2.24, 2.45) is 0 Å². The molecule has 0 saturated carbocycles. The zero-order valence-corrected chi connectivity index (χ0v) is 16.1. The Morgan fingerprint density at radius 3 is 2.37 bits per heavy atom. The average Bonchev–Trinajstić information content (AvgIpc) is 3.29. The number of rotatable bonds is 6. The Kier molecular flexibility index (Phi) is 5.23. The van der Waals surface area contributed by atoms with E-state index in [0.717, 1.165) is 56.3 Å². The van der Waals surface area contributed by atoms with Crippen LogP contribution in [0.1, 0.15) is 18.4 Å². The third-order valence-corrected chi connectivity index (χ3v) is 5.63. The predicted octanol–water partition coefficient (Wildman–Crippen LogP) is 3.55. The van der Waals surface area contributed by atoms with Crippen molar-refractivity contribution in [1.82, 2.24) is 4.90 Å². The van der Waals surface area contributed by atoms with Gasteiger partial charge in [0.1, 0.15) is 11.5 Å². The maximum Gasteiger partial charge on any atom is 0.119 e. The van der Waals surface area contributed by atoms with Gasteiger partial charge in [-0.1, -0.05) is 12.1 Å². The van der Waals surface area contributed by atoms with Crippen LogP contribution in [0.15, 0.2) is 48.5 Å². The highest BCUT2D eigenvalue weighted by atomic mass is 16.5. The second-order valence-corrected chi connectivity index (χ2v) is 7.58. The number of nitrogens with one attached hydrogen (secondary N) is 1. The van der Waals surface area contributed by atoms with E-state index in [2.05, 4.69) is 34.5 Å². The summed E-state index contributed by atoms with van der Waals surface area (Å²) in [7, 11) is 3.39. The van der Waals surface area contributed by atoms with Crippen LogP contribution in [-0.4, -0.2) is 50.5 Å². The smallest absolute Gasteiger partial charge is 0.119 e. The first kappa shape index (κ1) is 18.1. The van der Waals surface area contributed by atoms with Crippen molar-refractivity contribution in [3.63, 3.8) is 0 Å². The van der Waals surface area contributed by atoms with Gasteiger partial charge < -0.3 is 19.5 Å². The zero-order valence-electron chi connectivity index (χ0n) is 16.1. The molecule has 2 saturated heterocycles. The van der Waals surface area contributed by atoms with Crippen molar-refractivity contribution >= 4 is 5.69 Å². The summed E-state index contributed by atoms with van der Waals surface area (Å²) >= 11 is 0. The Labute approximate surface area is 161 Å². The quantitative estimate of drug-likeness (QED) is 0.845. The second kappa shape index (κ2) is 7.79. The highest BCUT2D eigenvalue weighted by molar-refractivity contribution is 5.47. The lowest BCUT2D eigenvalue weighted by molar-refractivity contribution is 0.0120. The van der Waals surface area contributed by atoms with Gasteiger partial charge >= 0.3 is 0 Å². The number of hydrogen-bond donors (Lipinski definition) is 1. The van der Waals surface area contributed by atoms with Gasteiger partial charge in [0.2, 0.25) is 0 Å². The molecule has 2 aromatic carbocycles. The summed E-state index contributed by atoms with van der Waals surface area (Å²) in [5, 5.41) is 3.61. The first-order valence-electron chi connectivity index (χ1n) is 9.58. The van der Waals surface area contributed by atoms with Gasteiger partial charge in [-0.2, -0.15) is 0 Å². The molecule has 0 aromatic heterocycles. The van der Waals surface area contributed by atoms with E-state index in [9.17, 15) is 0 Å². The molecular formula is C22H28N2O3. The van der Waals surface area contributed by atoms with Gasteiger partial charge in [0.25, 0.3) is 0 Å². The second-order valence-electron chi connectivity index (χ2n) is 7.58. The number of likely N-dealkylation sites (tertiary alicyclic amines) is 1. The van der Waals surface area contributed by atoms with Crippen molar-refractivity contribution < 1.29 is 14.2 Å². The maximum absolute atomic E-state index is 6.29. The minimum atomic E-state index is -0.00337. The maximum atomic E-state index is 6.29. The molecule has 27 heavy (non-hydrogen) atoms. The van der Waals surface area contributed by atoms with Crippen LogP contribution in [0.2, 0.25) is 0 Å². The highest BCUT2D eigenvalue weighted by Crippen LogP contribution is 2.36. The molecule has 2 aromatic rings. The van der Waals surface area contributed by atoms with Crippen molar-refractivity contribution in [2.45, 2.75) is 31.0 Å². The molecule has 0 amide bonds. The number of ether oxygens (including phenoxy) is 3. The molecule has 4 rings (SSSR count). The average molecular weight is 368 g/mol. The van der Waals surface area contributed by atoms with Gasteiger partial charge in [-0.3, -0.25) is 4.90 Å². The van der Waals surface area contributed by atoms with Gasteiger partial charge in [-0.15, -0.1) is 0 Å². The first-order chi connectivity index (χ1) is 13.2. The molecule has 5 nitrogen and oxygen atoms in total. The minimum absolute atomic E-state index is 0.00337. The van der Waals surface area contributed by atoms with E-state index in [4.69, 9.17) is 14.2 Å². The third-order valence-electron chi connectivity index (χ3n) is 5.63. The molecule has 2 aliphatic rings. The van der Waals surface area contributed by atoms with Gasteiger partial charge in [-0.05, 0) is 48.4 Å². The van der Waals surface area contributed by atoms with Crippen LogP contribution >= 0.6 is 0 Å². The van der Waals surface area contributed by atoms with Crippen LogP contribution in [0, 0.1) is 0 Å². The Hall–Kier alpha value is -2.24. The zero-order chi connectivity index (χ0) is 18.7. The van der Waals surface area contributed by atoms with Crippen LogP contribution < -0.4 is 14.8 Å². The van der Waals surface area contributed by atoms with Crippen molar-refractivity contribution in [3.05, 3.63) is 54.1 Å². The van der Waals surface area contributed by atoms with E-state index in [1.165, 1.54) is 5.56 Å². The van der Waals surface area contributed by atoms with Crippen LogP contribution in [0.4, 0.5) is 5.69 Å². The lowest BCUT2D eigenvalue weighted by Crippen LogP contribution is -2.33. The Balaban J connectivity index is 1.31. The molecule has 144 valence electrons. The van der Waals surface area contributed by atoms with Crippen LogP contribution in [0.25, 0.3) is 0 Å². The van der Waals surface area contributed by atoms with Crippen molar-refractivity contribution in [1.29, 1.82) is 0 Å². The van der Waals surface area contributed by atoms with Gasteiger partial charge in [-0.25, -0.2) is 0 Å². The van der Waals surface area contributed by atoms with Gasteiger partial charge in [0, 0.05) is 31.7 Å². The van der Waals surface area contributed by atoms with Gasteiger partial charge in [0.05, 0.1) is 32.5 Å². The fraction of sp³-hybridized carbons (Fsp3) is 0.455. The molecular weight excluding hydrogens is 340 g/mol. The molecule has 2 heterocycles. The fourth-order valence-electron chi connectivity index (χ4n) is 4.20. The number of methoxy groups -OCH3 is 2. The van der Waals surface area contributed by atoms with E-state index in [1.54, 1.807) is 14.2 Å². The first-order valence-corrected chi connectivity index (χ1v) is 9.58. The Morgan fingerprint density at radius 1 is 1.04 bits per heavy atom. The van der Waals surface area contributed by atoms with E-state index in [1.807, 2.05) is 24.3 Å². The Morgan fingerprint density at radius 2 is 1.70 bits per heavy atom. The summed E-state index contributed by atoms with van der Waals surface area (Å²) in [5.74, 6) is 1.79. The Bertz CT molecular complexity index is 680. The minimum Gasteiger partial charge on any atom is -0.497 e. The molecule has 0 unspecified atom stereocenters. The van der Waals surface area contributed by atoms with E-state index in [0.29, 0.717) is 6.04 Å². The normalized spacial score (nSPS) is 25.0. The van der Waals surface area contributed by atoms with Crippen LogP contribution in [0.3, 0.4) is 0 Å². The fourth-order valence-corrected chi connectivity index (χ4v) is 4.20. The third kappa shape index (κ3) is 4.20. The summed E-state index contributed by atoms with van der Waals surface area (Å²) in [5.41, 5.74) is 2.43. The van der Waals surface area contributed by atoms with Crippen LogP contribution in [-0.2, 0) is 11.3 Å². The predicted molar refractivity (Wildman–Crippen MR) is 107 cm³/mol. The molecule has 5 heteroatoms. The summed E-state index contributed by atoms with van der Waals surface area (Å²) < 4.78 is 16.8. The molecule has 1 spiro atoms. The lowest BCUT2D eigenvalue weighted by atomic mass is 9.97. The number of nitrogens with zero attached hydrogens (tertiary/aromatic N) is 1. The molecule has 2 atom stereocenters. The van der Waals surface area contributed by atoms with Crippen molar-refractivity contribution in [2.75, 3.05) is 39.2 Å². The molecule has 0 radical (unpaired) electrons. The molecule has 0 bridgehead atoms. The van der Waals surface area contributed by atoms with E-state index in [-0.39, 0.29) is 5.60 Å². The SMILES string of the molecule is COc1ccc(CN2CC[C@]3(C[C@H](Nc4ccc(OC)cc4)CO3)C2)cc1. The lowest BCUT2D eigenvalue weighted by Gasteiger charge is -2.23. The number of hydrogen-bond acceptors (Lipinski definition) is 5. The van der Waals surface area contributed by atoms with Crippen molar-refractivity contribution in [3.8, 4) is 11.5 Å². The molecule has 2 aliphatic heterocycles. The molecule has 1 N–H and O–H groups in total. The number of benzene rings is 2. The summed E-state index contributed by atoms with van der Waals surface area (Å²) in [6.07, 6.45) is 2.15. The standard InChI is InChI=1S/C22H28N2O3/c1-25-20-7-3-17(4-8-20)14-24-12-11-22(16-24)13-19(15-27-22)23-18-5-9-21(26-2)10-6-18/h3-10,19,23H,11-16H2,1-2H3/t19-,22-/m0/s1. The van der Waals surface area contributed by atoms with E-state index < -0.39 is 0 Å². The summed E-state index contributed by atoms with van der Waals surface area (Å²) in [6, 6.07) is 16.8. The highest BCUT2D eigenvalue weighted by Gasteiger charge is 2.45. The van der Waals surface area contributed by atoms with Gasteiger partial charge in [0.15, 0.2) is 0 Å². The summed E-state index contributed by atoms with van der Waals surface area (Å²) in [6.45, 7) is 3.81. The van der Waals surface area contributed by atoms with Crippen LogP contribution in [0.5, 0.6) is 11.5 Å². The number of anilines is 1. The monoisotopic (exact) mass is 368 g/mol. The topological polar surface area (TPSA) is 43.0 Å². The van der Waals surface area contributed by atoms with E-state index >= 15 is 0 Å². The molecule has 2 fully saturated rings. The molecule has 0 aliphatic carbocycles.